The van der Waals surface area contributed by atoms with Crippen molar-refractivity contribution in [1.82, 2.24) is 5.32 Å². The molecule has 0 bridgehead atoms. The molecule has 1 heterocycles. The molecule has 0 aliphatic carbocycles. The average Bonchev–Trinajstić information content (AvgIpc) is 2.36. The number of phenols is 1. The summed E-state index contributed by atoms with van der Waals surface area (Å²) < 4.78 is 5.43. The van der Waals surface area contributed by atoms with Crippen LogP contribution in [0.25, 0.3) is 0 Å². The van der Waals surface area contributed by atoms with E-state index >= 15 is 0 Å². The Balaban J connectivity index is 1.98. The van der Waals surface area contributed by atoms with E-state index in [2.05, 4.69) is 10.6 Å². The number of carbonyl (C=O) groups is 1. The maximum atomic E-state index is 11.7. The lowest BCUT2D eigenvalue weighted by atomic mass is 10.0. The first-order valence-electron chi connectivity index (χ1n) is 6.02. The highest BCUT2D eigenvalue weighted by atomic mass is 16.6. The zero-order valence-corrected chi connectivity index (χ0v) is 10.9. The number of nitrogens with zero attached hydrogens (tertiary/aromatic N) is 1. The summed E-state index contributed by atoms with van der Waals surface area (Å²) >= 11 is 0. The topological polar surface area (TPSA) is 114 Å². The smallest absolute Gasteiger partial charge is 0.296 e. The summed E-state index contributed by atoms with van der Waals surface area (Å²) in [5, 5.41) is 25.5. The molecule has 8 nitrogen and oxygen atoms in total. The monoisotopic (exact) mass is 281 g/mol. The average molecular weight is 281 g/mol. The number of ether oxygens (including phenoxy) is 1. The lowest BCUT2D eigenvalue weighted by Crippen LogP contribution is -2.59. The Morgan fingerprint density at radius 3 is 2.85 bits per heavy atom. The first kappa shape index (κ1) is 14.2. The summed E-state index contributed by atoms with van der Waals surface area (Å²) in [5.41, 5.74) is -0.703. The summed E-state index contributed by atoms with van der Waals surface area (Å²) in [5.74, 6) is -0.717. The molecule has 2 rings (SSSR count). The minimum atomic E-state index is -0.673. The van der Waals surface area contributed by atoms with Crippen molar-refractivity contribution in [3.8, 4) is 5.75 Å². The molecule has 20 heavy (non-hydrogen) atoms. The van der Waals surface area contributed by atoms with Crippen molar-refractivity contribution in [2.24, 2.45) is 0 Å². The Morgan fingerprint density at radius 1 is 1.60 bits per heavy atom. The Hall–Kier alpha value is -2.19. The molecule has 1 aliphatic rings. The van der Waals surface area contributed by atoms with E-state index in [4.69, 9.17) is 4.74 Å². The molecule has 0 saturated carbocycles. The van der Waals surface area contributed by atoms with Gasteiger partial charge in [-0.2, -0.15) is 0 Å². The Labute approximate surface area is 114 Å². The fourth-order valence-electron chi connectivity index (χ4n) is 1.78. The van der Waals surface area contributed by atoms with E-state index in [1.54, 1.807) is 0 Å². The quantitative estimate of drug-likeness (QED) is 0.414. The molecule has 1 amide bonds. The minimum Gasteiger partial charge on any atom is -0.508 e. The predicted octanol–water partition coefficient (Wildman–Crippen LogP) is 0.617. The molecular weight excluding hydrogens is 266 g/mol. The van der Waals surface area contributed by atoms with E-state index in [0.29, 0.717) is 13.1 Å². The molecule has 0 aromatic heterocycles. The number of hydrogen-bond acceptors (Lipinski definition) is 6. The first-order valence-corrected chi connectivity index (χ1v) is 6.02. The minimum absolute atomic E-state index is 0.0262. The van der Waals surface area contributed by atoms with Crippen molar-refractivity contribution < 1.29 is 19.6 Å². The van der Waals surface area contributed by atoms with Gasteiger partial charge in [-0.1, -0.05) is 0 Å². The number of nitro groups is 1. The second-order valence-corrected chi connectivity index (χ2v) is 4.85. The summed E-state index contributed by atoms with van der Waals surface area (Å²) in [7, 11) is 0. The Kier molecular flexibility index (Phi) is 3.86. The number of rotatable bonds is 5. The van der Waals surface area contributed by atoms with E-state index in [1.165, 1.54) is 12.1 Å². The zero-order valence-electron chi connectivity index (χ0n) is 10.9. The van der Waals surface area contributed by atoms with Crippen LogP contribution in [0.4, 0.5) is 11.4 Å². The fourth-order valence-corrected chi connectivity index (χ4v) is 1.78. The molecule has 0 radical (unpaired) electrons. The van der Waals surface area contributed by atoms with Gasteiger partial charge in [0.15, 0.2) is 0 Å². The van der Waals surface area contributed by atoms with Gasteiger partial charge in [0, 0.05) is 13.1 Å². The Morgan fingerprint density at radius 2 is 2.30 bits per heavy atom. The van der Waals surface area contributed by atoms with Gasteiger partial charge in [-0.15, -0.1) is 0 Å². The van der Waals surface area contributed by atoms with Crippen molar-refractivity contribution in [2.45, 2.75) is 12.5 Å². The standard InChI is InChI=1S/C12H15N3O5/c1-12(6-13-7-12)20-5-11(17)14-9-3-2-8(16)4-10(9)15(18)19/h2-4,13,16H,5-7H2,1H3,(H,14,17). The summed E-state index contributed by atoms with van der Waals surface area (Å²) in [6, 6.07) is 3.52. The number of hydrogen-bond donors (Lipinski definition) is 3. The van der Waals surface area contributed by atoms with Crippen LogP contribution in [0, 0.1) is 10.1 Å². The molecule has 108 valence electrons. The predicted molar refractivity (Wildman–Crippen MR) is 70.6 cm³/mol. The van der Waals surface area contributed by atoms with Crippen LogP contribution in [0.3, 0.4) is 0 Å². The summed E-state index contributed by atoms with van der Waals surface area (Å²) in [4.78, 5) is 21.9. The third-order valence-corrected chi connectivity index (χ3v) is 3.00. The van der Waals surface area contributed by atoms with Gasteiger partial charge in [-0.05, 0) is 19.1 Å². The van der Waals surface area contributed by atoms with Crippen LogP contribution in [0.5, 0.6) is 5.75 Å². The van der Waals surface area contributed by atoms with Crippen LogP contribution in [0.2, 0.25) is 0 Å². The van der Waals surface area contributed by atoms with Crippen molar-refractivity contribution in [3.05, 3.63) is 28.3 Å². The van der Waals surface area contributed by atoms with Crippen molar-refractivity contribution in [1.29, 1.82) is 0 Å². The summed E-state index contributed by atoms with van der Waals surface area (Å²) in [6.45, 7) is 3.02. The van der Waals surface area contributed by atoms with Crippen LogP contribution in [-0.2, 0) is 9.53 Å². The SMILES string of the molecule is CC1(OCC(=O)Nc2ccc(O)cc2[N+](=O)[O-])CNC1. The van der Waals surface area contributed by atoms with Crippen molar-refractivity contribution >= 4 is 17.3 Å². The van der Waals surface area contributed by atoms with Gasteiger partial charge in [0.1, 0.15) is 18.0 Å². The lowest BCUT2D eigenvalue weighted by molar-refractivity contribution is -0.384. The fraction of sp³-hybridized carbons (Fsp3) is 0.417. The highest BCUT2D eigenvalue weighted by molar-refractivity contribution is 5.94. The molecule has 1 fully saturated rings. The molecule has 1 aliphatic heterocycles. The molecule has 1 saturated heterocycles. The third kappa shape index (κ3) is 3.22. The normalized spacial score (nSPS) is 16.2. The zero-order chi connectivity index (χ0) is 14.8. The number of nitro benzene ring substituents is 1. The number of amides is 1. The number of carbonyl (C=O) groups excluding carboxylic acids is 1. The van der Waals surface area contributed by atoms with Crippen LogP contribution in [0.1, 0.15) is 6.92 Å². The second-order valence-electron chi connectivity index (χ2n) is 4.85. The van der Waals surface area contributed by atoms with Gasteiger partial charge in [-0.3, -0.25) is 14.9 Å². The van der Waals surface area contributed by atoms with Gasteiger partial charge < -0.3 is 20.5 Å². The van der Waals surface area contributed by atoms with Gasteiger partial charge in [0.25, 0.3) is 11.6 Å². The van der Waals surface area contributed by atoms with Crippen LogP contribution in [-0.4, -0.2) is 41.2 Å². The van der Waals surface area contributed by atoms with E-state index in [-0.39, 0.29) is 29.3 Å². The highest BCUT2D eigenvalue weighted by Gasteiger charge is 2.33. The lowest BCUT2D eigenvalue weighted by Gasteiger charge is -2.38. The number of benzene rings is 1. The molecule has 1 aromatic carbocycles. The van der Waals surface area contributed by atoms with Crippen LogP contribution >= 0.6 is 0 Å². The van der Waals surface area contributed by atoms with Crippen molar-refractivity contribution in [2.75, 3.05) is 25.0 Å². The van der Waals surface area contributed by atoms with E-state index in [1.807, 2.05) is 6.92 Å². The maximum Gasteiger partial charge on any atom is 0.296 e. The van der Waals surface area contributed by atoms with Gasteiger partial charge in [0.2, 0.25) is 0 Å². The van der Waals surface area contributed by atoms with Gasteiger partial charge in [-0.25, -0.2) is 0 Å². The molecular formula is C12H15N3O5. The second kappa shape index (κ2) is 5.43. The molecule has 0 atom stereocenters. The van der Waals surface area contributed by atoms with Gasteiger partial charge >= 0.3 is 0 Å². The van der Waals surface area contributed by atoms with Gasteiger partial charge in [0.05, 0.1) is 16.6 Å². The molecule has 3 N–H and O–H groups in total. The van der Waals surface area contributed by atoms with E-state index in [0.717, 1.165) is 6.07 Å². The molecule has 0 spiro atoms. The molecule has 1 aromatic rings. The number of anilines is 1. The number of phenolic OH excluding ortho intramolecular Hbond substituents is 1. The number of aromatic hydroxyl groups is 1. The van der Waals surface area contributed by atoms with Crippen LogP contribution < -0.4 is 10.6 Å². The summed E-state index contributed by atoms with van der Waals surface area (Å²) in [6.07, 6.45) is 0. The van der Waals surface area contributed by atoms with E-state index < -0.39 is 10.8 Å². The molecule has 0 unspecified atom stereocenters. The third-order valence-electron chi connectivity index (χ3n) is 3.00. The first-order chi connectivity index (χ1) is 9.39. The van der Waals surface area contributed by atoms with Crippen molar-refractivity contribution in [3.63, 3.8) is 0 Å². The number of nitrogens with one attached hydrogen (secondary N) is 2. The highest BCUT2D eigenvalue weighted by Crippen LogP contribution is 2.28. The molecule has 8 heteroatoms. The van der Waals surface area contributed by atoms with Crippen LogP contribution in [0.15, 0.2) is 18.2 Å². The largest absolute Gasteiger partial charge is 0.508 e. The maximum absolute atomic E-state index is 11.7. The van der Waals surface area contributed by atoms with E-state index in [9.17, 15) is 20.0 Å². The Bertz CT molecular complexity index is 542.